The molecule has 0 amide bonds. The van der Waals surface area contributed by atoms with E-state index in [9.17, 15) is 10.1 Å². The third kappa shape index (κ3) is 2.67. The molecule has 1 fully saturated rings. The van der Waals surface area contributed by atoms with Crippen LogP contribution in [0.25, 0.3) is 10.9 Å². The third-order valence-corrected chi connectivity index (χ3v) is 4.04. The smallest absolute Gasteiger partial charge is 0.271 e. The number of nitro groups is 1. The molecule has 1 aromatic heterocycles. The number of non-ortho nitro benzene ring substituents is 1. The summed E-state index contributed by atoms with van der Waals surface area (Å²) in [6.45, 7) is 4.48. The van der Waals surface area contributed by atoms with E-state index < -0.39 is 0 Å². The molecule has 0 N–H and O–H groups in total. The number of aromatic nitrogens is 1. The molecule has 1 aromatic carbocycles. The highest BCUT2D eigenvalue weighted by atomic mass is 16.6. The van der Waals surface area contributed by atoms with E-state index >= 15 is 0 Å². The van der Waals surface area contributed by atoms with E-state index in [1.54, 1.807) is 12.1 Å². The summed E-state index contributed by atoms with van der Waals surface area (Å²) in [7, 11) is 0. The predicted molar refractivity (Wildman–Crippen MR) is 78.9 cm³/mol. The normalized spacial score (nSPS) is 16.0. The van der Waals surface area contributed by atoms with Crippen molar-refractivity contribution in [2.45, 2.75) is 25.8 Å². The number of aryl methyl sites for hydroxylation is 1. The first-order chi connectivity index (χ1) is 9.74. The Kier molecular flexibility index (Phi) is 3.69. The molecule has 0 bridgehead atoms. The molecule has 106 valence electrons. The number of nitrogens with zero attached hydrogens (tertiary/aromatic N) is 3. The minimum atomic E-state index is -0.332. The summed E-state index contributed by atoms with van der Waals surface area (Å²) < 4.78 is 2.12. The van der Waals surface area contributed by atoms with Gasteiger partial charge in [-0.25, -0.2) is 0 Å². The van der Waals surface area contributed by atoms with Gasteiger partial charge in [0, 0.05) is 30.3 Å². The van der Waals surface area contributed by atoms with Gasteiger partial charge in [-0.1, -0.05) is 0 Å². The van der Waals surface area contributed by atoms with Crippen LogP contribution in [-0.2, 0) is 6.54 Å². The Morgan fingerprint density at radius 2 is 1.95 bits per heavy atom. The second-order valence-electron chi connectivity index (χ2n) is 5.41. The molecule has 0 unspecified atom stereocenters. The summed E-state index contributed by atoms with van der Waals surface area (Å²) in [5.74, 6) is 0. The molecule has 1 aliphatic rings. The van der Waals surface area contributed by atoms with Crippen LogP contribution in [-0.4, -0.2) is 34.0 Å². The van der Waals surface area contributed by atoms with Crippen LogP contribution < -0.4 is 0 Å². The average Bonchev–Trinajstić information content (AvgIpc) is 3.08. The number of rotatable bonds is 5. The monoisotopic (exact) mass is 273 g/mol. The second-order valence-corrected chi connectivity index (χ2v) is 5.41. The number of fused-ring (bicyclic) bond motifs is 1. The van der Waals surface area contributed by atoms with E-state index in [2.05, 4.69) is 9.47 Å². The zero-order valence-corrected chi connectivity index (χ0v) is 11.5. The average molecular weight is 273 g/mol. The molecule has 2 aromatic rings. The van der Waals surface area contributed by atoms with Crippen LogP contribution in [0.4, 0.5) is 5.69 Å². The second kappa shape index (κ2) is 5.63. The van der Waals surface area contributed by atoms with Gasteiger partial charge in [0.2, 0.25) is 0 Å². The highest BCUT2D eigenvalue weighted by Crippen LogP contribution is 2.22. The SMILES string of the molecule is O=[N+]([O-])c1ccc2ccn(CCCN3CCCC3)c2c1. The maximum absolute atomic E-state index is 10.9. The van der Waals surface area contributed by atoms with E-state index in [1.165, 1.54) is 25.9 Å². The Morgan fingerprint density at radius 1 is 1.15 bits per heavy atom. The van der Waals surface area contributed by atoms with E-state index in [1.807, 2.05) is 18.3 Å². The van der Waals surface area contributed by atoms with Gasteiger partial charge >= 0.3 is 0 Å². The molecule has 1 saturated heterocycles. The van der Waals surface area contributed by atoms with Gasteiger partial charge in [0.1, 0.15) is 0 Å². The zero-order valence-electron chi connectivity index (χ0n) is 11.5. The molecule has 0 spiro atoms. The molecule has 1 aliphatic heterocycles. The van der Waals surface area contributed by atoms with Crippen LogP contribution in [0.15, 0.2) is 30.5 Å². The largest absolute Gasteiger partial charge is 0.347 e. The van der Waals surface area contributed by atoms with Gasteiger partial charge < -0.3 is 9.47 Å². The molecule has 3 rings (SSSR count). The van der Waals surface area contributed by atoms with Gasteiger partial charge in [-0.2, -0.15) is 0 Å². The van der Waals surface area contributed by atoms with Crippen LogP contribution in [0.5, 0.6) is 0 Å². The fourth-order valence-electron chi connectivity index (χ4n) is 2.95. The Hall–Kier alpha value is -1.88. The van der Waals surface area contributed by atoms with Crippen molar-refractivity contribution in [1.82, 2.24) is 9.47 Å². The van der Waals surface area contributed by atoms with E-state index in [0.29, 0.717) is 0 Å². The standard InChI is InChI=1S/C15H19N3O2/c19-18(20)14-5-4-13-6-11-17(15(13)12-14)10-3-9-16-7-1-2-8-16/h4-6,11-12H,1-3,7-10H2. The lowest BCUT2D eigenvalue weighted by molar-refractivity contribution is -0.384. The summed E-state index contributed by atoms with van der Waals surface area (Å²) >= 11 is 0. The minimum absolute atomic E-state index is 0.164. The lowest BCUT2D eigenvalue weighted by Gasteiger charge is -2.14. The molecule has 2 heterocycles. The molecule has 0 atom stereocenters. The first kappa shape index (κ1) is 13.1. The Balaban J connectivity index is 1.70. The molecular weight excluding hydrogens is 254 g/mol. The van der Waals surface area contributed by atoms with Crippen molar-refractivity contribution in [3.8, 4) is 0 Å². The van der Waals surface area contributed by atoms with Gasteiger partial charge in [-0.05, 0) is 51.0 Å². The topological polar surface area (TPSA) is 51.3 Å². The van der Waals surface area contributed by atoms with Crippen molar-refractivity contribution >= 4 is 16.6 Å². The molecule has 5 nitrogen and oxygen atoms in total. The number of nitro benzene ring substituents is 1. The molecular formula is C15H19N3O2. The highest BCUT2D eigenvalue weighted by molar-refractivity contribution is 5.82. The van der Waals surface area contributed by atoms with Crippen molar-refractivity contribution in [3.63, 3.8) is 0 Å². The Morgan fingerprint density at radius 3 is 2.70 bits per heavy atom. The van der Waals surface area contributed by atoms with Gasteiger partial charge in [-0.15, -0.1) is 0 Å². The molecule has 0 aliphatic carbocycles. The summed E-state index contributed by atoms with van der Waals surface area (Å²) in [5, 5.41) is 11.9. The first-order valence-electron chi connectivity index (χ1n) is 7.20. The van der Waals surface area contributed by atoms with Crippen LogP contribution in [0, 0.1) is 10.1 Å². The first-order valence-corrected chi connectivity index (χ1v) is 7.20. The van der Waals surface area contributed by atoms with Gasteiger partial charge in [0.15, 0.2) is 0 Å². The molecule has 5 heteroatoms. The lowest BCUT2D eigenvalue weighted by atomic mass is 10.2. The van der Waals surface area contributed by atoms with E-state index in [0.717, 1.165) is 30.4 Å². The van der Waals surface area contributed by atoms with Crippen molar-refractivity contribution < 1.29 is 4.92 Å². The molecule has 20 heavy (non-hydrogen) atoms. The summed E-state index contributed by atoms with van der Waals surface area (Å²) in [6.07, 6.45) is 5.75. The number of hydrogen-bond acceptors (Lipinski definition) is 3. The van der Waals surface area contributed by atoms with Gasteiger partial charge in [0.05, 0.1) is 10.4 Å². The van der Waals surface area contributed by atoms with E-state index in [-0.39, 0.29) is 10.6 Å². The van der Waals surface area contributed by atoms with Crippen LogP contribution >= 0.6 is 0 Å². The Labute approximate surface area is 117 Å². The maximum Gasteiger partial charge on any atom is 0.271 e. The number of benzene rings is 1. The third-order valence-electron chi connectivity index (χ3n) is 4.04. The number of likely N-dealkylation sites (tertiary alicyclic amines) is 1. The van der Waals surface area contributed by atoms with Crippen molar-refractivity contribution in [2.24, 2.45) is 0 Å². The van der Waals surface area contributed by atoms with Crippen LogP contribution in [0.2, 0.25) is 0 Å². The quantitative estimate of drug-likeness (QED) is 0.621. The van der Waals surface area contributed by atoms with Gasteiger partial charge in [-0.3, -0.25) is 10.1 Å². The summed E-state index contributed by atoms with van der Waals surface area (Å²) in [6, 6.07) is 7.08. The van der Waals surface area contributed by atoms with Crippen LogP contribution in [0.3, 0.4) is 0 Å². The van der Waals surface area contributed by atoms with Crippen molar-refractivity contribution in [2.75, 3.05) is 19.6 Å². The summed E-state index contributed by atoms with van der Waals surface area (Å²) in [4.78, 5) is 13.0. The summed E-state index contributed by atoms with van der Waals surface area (Å²) in [5.41, 5.74) is 1.12. The zero-order chi connectivity index (χ0) is 13.9. The van der Waals surface area contributed by atoms with Crippen molar-refractivity contribution in [1.29, 1.82) is 0 Å². The van der Waals surface area contributed by atoms with Gasteiger partial charge in [0.25, 0.3) is 5.69 Å². The van der Waals surface area contributed by atoms with Crippen molar-refractivity contribution in [3.05, 3.63) is 40.6 Å². The molecule has 0 saturated carbocycles. The van der Waals surface area contributed by atoms with E-state index in [4.69, 9.17) is 0 Å². The lowest BCUT2D eigenvalue weighted by Crippen LogP contribution is -2.21. The Bertz CT molecular complexity index is 615. The fraction of sp³-hybridized carbons (Fsp3) is 0.467. The number of hydrogen-bond donors (Lipinski definition) is 0. The predicted octanol–water partition coefficient (Wildman–Crippen LogP) is 3.04. The fourth-order valence-corrected chi connectivity index (χ4v) is 2.95. The highest BCUT2D eigenvalue weighted by Gasteiger charge is 2.12. The maximum atomic E-state index is 10.9. The minimum Gasteiger partial charge on any atom is -0.347 e. The van der Waals surface area contributed by atoms with Crippen LogP contribution in [0.1, 0.15) is 19.3 Å². The molecule has 0 radical (unpaired) electrons.